The van der Waals surface area contributed by atoms with Crippen molar-refractivity contribution in [1.82, 2.24) is 15.3 Å². The van der Waals surface area contributed by atoms with Crippen LogP contribution in [-0.4, -0.2) is 17.0 Å². The normalized spacial score (nSPS) is 12.4. The summed E-state index contributed by atoms with van der Waals surface area (Å²) in [5, 5.41) is 3.10. The lowest BCUT2D eigenvalue weighted by molar-refractivity contribution is 0.607. The molecule has 2 rings (SSSR count). The Hall–Kier alpha value is -1.33. The van der Waals surface area contributed by atoms with E-state index in [0.717, 1.165) is 11.3 Å². The molecule has 17 heavy (non-hydrogen) atoms. The van der Waals surface area contributed by atoms with Gasteiger partial charge in [0.25, 0.3) is 0 Å². The summed E-state index contributed by atoms with van der Waals surface area (Å²) in [4.78, 5) is 8.23. The van der Waals surface area contributed by atoms with Crippen LogP contribution in [0.5, 0.6) is 0 Å². The summed E-state index contributed by atoms with van der Waals surface area (Å²) in [5.41, 5.74) is 1.57. The van der Waals surface area contributed by atoms with Gasteiger partial charge in [0.15, 0.2) is 0 Å². The van der Waals surface area contributed by atoms with Crippen LogP contribution in [0, 0.1) is 5.82 Å². The van der Waals surface area contributed by atoms with Crippen molar-refractivity contribution in [3.8, 4) is 0 Å². The van der Waals surface area contributed by atoms with E-state index in [2.05, 4.69) is 31.2 Å². The lowest BCUT2D eigenvalue weighted by Gasteiger charge is -2.15. The van der Waals surface area contributed by atoms with Crippen molar-refractivity contribution in [2.45, 2.75) is 6.04 Å². The average Bonchev–Trinajstić information content (AvgIpc) is 2.36. The highest BCUT2D eigenvalue weighted by molar-refractivity contribution is 9.10. The maximum atomic E-state index is 13.5. The first-order valence-corrected chi connectivity index (χ1v) is 5.90. The fourth-order valence-corrected chi connectivity index (χ4v) is 1.88. The summed E-state index contributed by atoms with van der Waals surface area (Å²) in [6, 6.07) is 4.86. The van der Waals surface area contributed by atoms with Crippen LogP contribution in [0.15, 0.2) is 41.3 Å². The molecule has 1 heterocycles. The predicted octanol–water partition coefficient (Wildman–Crippen LogP) is 2.69. The molecule has 1 unspecified atom stereocenters. The number of nitrogens with zero attached hydrogens (tertiary/aromatic N) is 2. The average molecular weight is 296 g/mol. The number of aromatic nitrogens is 2. The van der Waals surface area contributed by atoms with Crippen LogP contribution in [0.3, 0.4) is 0 Å². The van der Waals surface area contributed by atoms with Crippen LogP contribution in [0.4, 0.5) is 4.39 Å². The second kappa shape index (κ2) is 5.33. The van der Waals surface area contributed by atoms with Crippen molar-refractivity contribution < 1.29 is 4.39 Å². The second-order valence-electron chi connectivity index (χ2n) is 3.53. The Kier molecular flexibility index (Phi) is 3.81. The van der Waals surface area contributed by atoms with E-state index in [1.54, 1.807) is 31.7 Å². The van der Waals surface area contributed by atoms with Gasteiger partial charge in [-0.15, -0.1) is 0 Å². The van der Waals surface area contributed by atoms with Gasteiger partial charge in [-0.2, -0.15) is 0 Å². The molecule has 0 amide bonds. The van der Waals surface area contributed by atoms with E-state index >= 15 is 0 Å². The van der Waals surface area contributed by atoms with Crippen LogP contribution in [0.2, 0.25) is 0 Å². The molecule has 0 fully saturated rings. The molecule has 0 bridgehead atoms. The first-order chi connectivity index (χ1) is 8.22. The molecule has 0 radical (unpaired) electrons. The highest BCUT2D eigenvalue weighted by Crippen LogP contribution is 2.23. The van der Waals surface area contributed by atoms with E-state index in [1.165, 1.54) is 6.07 Å². The van der Waals surface area contributed by atoms with Crippen molar-refractivity contribution in [2.24, 2.45) is 0 Å². The molecule has 5 heteroatoms. The van der Waals surface area contributed by atoms with E-state index < -0.39 is 0 Å². The lowest BCUT2D eigenvalue weighted by atomic mass is 10.0. The highest BCUT2D eigenvalue weighted by atomic mass is 79.9. The first kappa shape index (κ1) is 12.1. The van der Waals surface area contributed by atoms with E-state index in [-0.39, 0.29) is 11.9 Å². The monoisotopic (exact) mass is 295 g/mol. The number of rotatable bonds is 3. The molecular formula is C12H11BrFN3. The quantitative estimate of drug-likeness (QED) is 0.946. The van der Waals surface area contributed by atoms with Gasteiger partial charge in [0.2, 0.25) is 0 Å². The summed E-state index contributed by atoms with van der Waals surface area (Å²) < 4.78 is 13.9. The zero-order chi connectivity index (χ0) is 12.3. The maximum absolute atomic E-state index is 13.5. The molecule has 0 saturated carbocycles. The molecular weight excluding hydrogens is 285 g/mol. The van der Waals surface area contributed by atoms with Gasteiger partial charge < -0.3 is 5.32 Å². The smallest absolute Gasteiger partial charge is 0.137 e. The summed E-state index contributed by atoms with van der Waals surface area (Å²) in [5.74, 6) is -0.286. The SMILES string of the molecule is CNC(c1ccc(Br)c(F)c1)c1cnccn1. The molecule has 2 aromatic rings. The molecule has 1 aromatic heterocycles. The molecule has 0 aliphatic heterocycles. The van der Waals surface area contributed by atoms with E-state index in [1.807, 2.05) is 6.07 Å². The van der Waals surface area contributed by atoms with Crippen molar-refractivity contribution in [2.75, 3.05) is 7.05 Å². The van der Waals surface area contributed by atoms with Gasteiger partial charge in [0.05, 0.1) is 22.4 Å². The molecule has 1 aromatic carbocycles. The standard InChI is InChI=1S/C12H11BrFN3/c1-15-12(11-7-16-4-5-17-11)8-2-3-9(13)10(14)6-8/h2-7,12,15H,1H3. The van der Waals surface area contributed by atoms with Crippen LogP contribution in [-0.2, 0) is 0 Å². The fourth-order valence-electron chi connectivity index (χ4n) is 1.64. The summed E-state index contributed by atoms with van der Waals surface area (Å²) in [7, 11) is 1.80. The van der Waals surface area contributed by atoms with Crippen molar-refractivity contribution in [3.63, 3.8) is 0 Å². The highest BCUT2D eigenvalue weighted by Gasteiger charge is 2.14. The topological polar surface area (TPSA) is 37.8 Å². The number of hydrogen-bond donors (Lipinski definition) is 1. The third-order valence-electron chi connectivity index (χ3n) is 2.44. The van der Waals surface area contributed by atoms with E-state index in [9.17, 15) is 4.39 Å². The summed E-state index contributed by atoms with van der Waals surface area (Å²) >= 11 is 3.13. The molecule has 0 aliphatic carbocycles. The van der Waals surface area contributed by atoms with Crippen molar-refractivity contribution in [3.05, 3.63) is 58.3 Å². The molecule has 88 valence electrons. The zero-order valence-electron chi connectivity index (χ0n) is 9.19. The number of halogens is 2. The van der Waals surface area contributed by atoms with Crippen LogP contribution in [0.25, 0.3) is 0 Å². The third-order valence-corrected chi connectivity index (χ3v) is 3.09. The van der Waals surface area contributed by atoms with Gasteiger partial charge in [-0.3, -0.25) is 9.97 Å². The predicted molar refractivity (Wildman–Crippen MR) is 67.0 cm³/mol. The van der Waals surface area contributed by atoms with Crippen LogP contribution < -0.4 is 5.32 Å². The molecule has 0 spiro atoms. The van der Waals surface area contributed by atoms with Gasteiger partial charge in [-0.1, -0.05) is 6.07 Å². The zero-order valence-corrected chi connectivity index (χ0v) is 10.8. The minimum atomic E-state index is -0.286. The van der Waals surface area contributed by atoms with Crippen LogP contribution >= 0.6 is 15.9 Å². The van der Waals surface area contributed by atoms with Gasteiger partial charge in [-0.05, 0) is 40.7 Å². The minimum absolute atomic E-state index is 0.161. The summed E-state index contributed by atoms with van der Waals surface area (Å²) in [6.07, 6.45) is 4.90. The number of benzene rings is 1. The van der Waals surface area contributed by atoms with E-state index in [4.69, 9.17) is 0 Å². The van der Waals surface area contributed by atoms with Gasteiger partial charge in [-0.25, -0.2) is 4.39 Å². The number of hydrogen-bond acceptors (Lipinski definition) is 3. The van der Waals surface area contributed by atoms with Crippen LogP contribution in [0.1, 0.15) is 17.3 Å². The Balaban J connectivity index is 2.39. The Morgan fingerprint density at radius 1 is 1.35 bits per heavy atom. The molecule has 1 atom stereocenters. The van der Waals surface area contributed by atoms with Gasteiger partial charge >= 0.3 is 0 Å². The molecule has 0 saturated heterocycles. The van der Waals surface area contributed by atoms with Gasteiger partial charge in [0.1, 0.15) is 5.82 Å². The fraction of sp³-hybridized carbons (Fsp3) is 0.167. The third kappa shape index (κ3) is 2.68. The molecule has 3 nitrogen and oxygen atoms in total. The second-order valence-corrected chi connectivity index (χ2v) is 4.38. The molecule has 0 aliphatic rings. The minimum Gasteiger partial charge on any atom is -0.308 e. The van der Waals surface area contributed by atoms with Crippen molar-refractivity contribution >= 4 is 15.9 Å². The summed E-state index contributed by atoms with van der Waals surface area (Å²) in [6.45, 7) is 0. The largest absolute Gasteiger partial charge is 0.308 e. The number of nitrogens with one attached hydrogen (secondary N) is 1. The Bertz CT molecular complexity index is 504. The molecule has 1 N–H and O–H groups in total. The first-order valence-electron chi connectivity index (χ1n) is 5.10. The lowest BCUT2D eigenvalue weighted by Crippen LogP contribution is -2.19. The Morgan fingerprint density at radius 2 is 2.18 bits per heavy atom. The Labute approximate surface area is 107 Å². The van der Waals surface area contributed by atoms with Crippen molar-refractivity contribution in [1.29, 1.82) is 0 Å². The Morgan fingerprint density at radius 3 is 2.76 bits per heavy atom. The van der Waals surface area contributed by atoms with Gasteiger partial charge in [0, 0.05) is 12.4 Å². The maximum Gasteiger partial charge on any atom is 0.137 e. The van der Waals surface area contributed by atoms with E-state index in [0.29, 0.717) is 4.47 Å².